The van der Waals surface area contributed by atoms with Crippen molar-refractivity contribution in [2.45, 2.75) is 37.6 Å². The first-order chi connectivity index (χ1) is 12.5. The maximum atomic E-state index is 10.1. The second-order valence-electron chi connectivity index (χ2n) is 7.05. The molecule has 6 nitrogen and oxygen atoms in total. The van der Waals surface area contributed by atoms with E-state index >= 15 is 0 Å². The molecule has 1 saturated carbocycles. The molecular weight excluding hydrogens is 352 g/mol. The number of ether oxygens (including phenoxy) is 2. The van der Waals surface area contributed by atoms with E-state index in [-0.39, 0.29) is 5.90 Å². The molecule has 2 heterocycles. The number of benzene rings is 1. The zero-order valence-corrected chi connectivity index (χ0v) is 14.6. The average Bonchev–Trinajstić information content (AvgIpc) is 2.86. The number of hydrogen-bond acceptors (Lipinski definition) is 6. The minimum Gasteiger partial charge on any atom is -0.447 e. The first kappa shape index (κ1) is 16.9. The van der Waals surface area contributed by atoms with Crippen LogP contribution in [-0.4, -0.2) is 11.7 Å². The number of rotatable bonds is 1. The van der Waals surface area contributed by atoms with Crippen LogP contribution in [0.4, 0.5) is 0 Å². The molecule has 3 fully saturated rings. The molecule has 2 bridgehead atoms. The number of hydrogen-bond donors (Lipinski definition) is 1. The van der Waals surface area contributed by atoms with Crippen molar-refractivity contribution in [3.05, 3.63) is 34.9 Å². The summed E-state index contributed by atoms with van der Waals surface area (Å²) in [5, 5.41) is 39.1. The predicted octanol–water partition coefficient (Wildman–Crippen LogP) is 3.85. The molecule has 0 radical (unpaired) electrons. The summed E-state index contributed by atoms with van der Waals surface area (Å²) in [7, 11) is 0. The van der Waals surface area contributed by atoms with Crippen LogP contribution in [0.25, 0.3) is 0 Å². The maximum absolute atomic E-state index is 10.1. The molecule has 4 unspecified atom stereocenters. The molecule has 1 N–H and O–H groups in total. The van der Waals surface area contributed by atoms with Crippen molar-refractivity contribution in [2.75, 3.05) is 0 Å². The Balaban J connectivity index is 2.01. The van der Waals surface area contributed by atoms with Gasteiger partial charge in [0.15, 0.2) is 5.41 Å². The predicted molar refractivity (Wildman–Crippen MR) is 90.5 cm³/mol. The van der Waals surface area contributed by atoms with E-state index in [1.807, 2.05) is 12.1 Å². The number of nitriles is 3. The Morgan fingerprint density at radius 1 is 1.15 bits per heavy atom. The molecule has 1 aromatic carbocycles. The highest BCUT2D eigenvalue weighted by atomic mass is 35.5. The Morgan fingerprint density at radius 2 is 1.92 bits per heavy atom. The molecule has 130 valence electrons. The van der Waals surface area contributed by atoms with E-state index < -0.39 is 28.6 Å². The molecule has 26 heavy (non-hydrogen) atoms. The molecule has 7 heteroatoms. The molecule has 4 rings (SSSR count). The summed E-state index contributed by atoms with van der Waals surface area (Å²) in [6, 6.07) is 13.0. The highest BCUT2D eigenvalue weighted by Crippen LogP contribution is 2.69. The van der Waals surface area contributed by atoms with Crippen LogP contribution in [0, 0.1) is 56.2 Å². The summed E-state index contributed by atoms with van der Waals surface area (Å²) in [6.07, 6.45) is 1.73. The quantitative estimate of drug-likeness (QED) is 0.810. The summed E-state index contributed by atoms with van der Waals surface area (Å²) in [6.45, 7) is 0. The van der Waals surface area contributed by atoms with E-state index in [2.05, 4.69) is 6.07 Å². The topological polar surface area (TPSA) is 114 Å². The van der Waals surface area contributed by atoms with Crippen molar-refractivity contribution in [3.8, 4) is 18.2 Å². The SMILES string of the molecule is N#CC1(C#N)C(c2cccc(Cl)c2)OC23CCCCC2C1(C#N)C(=N)O3. The van der Waals surface area contributed by atoms with E-state index in [9.17, 15) is 15.8 Å². The van der Waals surface area contributed by atoms with E-state index in [1.54, 1.807) is 24.3 Å². The minimum atomic E-state index is -1.90. The van der Waals surface area contributed by atoms with Crippen LogP contribution >= 0.6 is 11.6 Å². The van der Waals surface area contributed by atoms with E-state index in [1.165, 1.54) is 0 Å². The highest BCUT2D eigenvalue weighted by Gasteiger charge is 2.80. The fourth-order valence-corrected chi connectivity index (χ4v) is 5.03. The van der Waals surface area contributed by atoms with Crippen molar-refractivity contribution >= 4 is 17.5 Å². The second-order valence-corrected chi connectivity index (χ2v) is 7.48. The zero-order chi connectivity index (χ0) is 18.6. The van der Waals surface area contributed by atoms with Gasteiger partial charge in [0.05, 0.1) is 24.1 Å². The molecule has 2 saturated heterocycles. The van der Waals surface area contributed by atoms with Crippen molar-refractivity contribution < 1.29 is 9.47 Å². The number of nitrogens with zero attached hydrogens (tertiary/aromatic N) is 3. The van der Waals surface area contributed by atoms with Crippen molar-refractivity contribution in [3.63, 3.8) is 0 Å². The van der Waals surface area contributed by atoms with Gasteiger partial charge in [0, 0.05) is 11.4 Å². The first-order valence-electron chi connectivity index (χ1n) is 8.45. The fraction of sp³-hybridized carbons (Fsp3) is 0.474. The summed E-state index contributed by atoms with van der Waals surface area (Å²) in [5.74, 6) is -1.99. The van der Waals surface area contributed by atoms with Gasteiger partial charge >= 0.3 is 0 Å². The Labute approximate surface area is 156 Å². The summed E-state index contributed by atoms with van der Waals surface area (Å²) in [5.41, 5.74) is -3.03. The van der Waals surface area contributed by atoms with Crippen molar-refractivity contribution in [1.82, 2.24) is 0 Å². The molecule has 2 aliphatic heterocycles. The van der Waals surface area contributed by atoms with Gasteiger partial charge in [0.2, 0.25) is 17.1 Å². The van der Waals surface area contributed by atoms with Gasteiger partial charge in [-0.15, -0.1) is 0 Å². The second kappa shape index (κ2) is 5.45. The Kier molecular flexibility index (Phi) is 3.53. The third-order valence-electron chi connectivity index (χ3n) is 5.97. The molecule has 0 aromatic heterocycles. The van der Waals surface area contributed by atoms with Gasteiger partial charge in [-0.3, -0.25) is 5.41 Å². The van der Waals surface area contributed by atoms with E-state index in [0.29, 0.717) is 23.4 Å². The van der Waals surface area contributed by atoms with Crippen LogP contribution in [-0.2, 0) is 9.47 Å². The lowest BCUT2D eigenvalue weighted by molar-refractivity contribution is -0.294. The third kappa shape index (κ3) is 1.75. The third-order valence-corrected chi connectivity index (χ3v) is 6.20. The summed E-state index contributed by atoms with van der Waals surface area (Å²) >= 11 is 6.11. The van der Waals surface area contributed by atoms with Gasteiger partial charge in [-0.2, -0.15) is 15.8 Å². The van der Waals surface area contributed by atoms with E-state index in [0.717, 1.165) is 12.8 Å². The lowest BCUT2D eigenvalue weighted by Gasteiger charge is -2.51. The van der Waals surface area contributed by atoms with Gasteiger partial charge in [0.1, 0.15) is 6.10 Å². The standard InChI is InChI=1S/C19H15ClN4O2/c20-13-5-3-4-12(8-13)15-17(9-21,10-22)18(11-23)14-6-1-2-7-19(14,25-15)26-16(18)24/h3-5,8,14-15,24H,1-2,6-7H2. The van der Waals surface area contributed by atoms with Crippen LogP contribution in [0.2, 0.25) is 5.02 Å². The van der Waals surface area contributed by atoms with Gasteiger partial charge in [-0.1, -0.05) is 30.2 Å². The van der Waals surface area contributed by atoms with Crippen LogP contribution < -0.4 is 0 Å². The maximum Gasteiger partial charge on any atom is 0.217 e. The van der Waals surface area contributed by atoms with Crippen LogP contribution in [0.3, 0.4) is 0 Å². The summed E-state index contributed by atoms with van der Waals surface area (Å²) in [4.78, 5) is 0. The minimum absolute atomic E-state index is 0.334. The Morgan fingerprint density at radius 3 is 2.58 bits per heavy atom. The monoisotopic (exact) mass is 366 g/mol. The fourth-order valence-electron chi connectivity index (χ4n) is 4.83. The molecule has 4 atom stereocenters. The summed E-state index contributed by atoms with van der Waals surface area (Å²) < 4.78 is 12.1. The Hall–Kier alpha value is -2.59. The van der Waals surface area contributed by atoms with Crippen LogP contribution in [0.15, 0.2) is 24.3 Å². The van der Waals surface area contributed by atoms with Crippen LogP contribution in [0.1, 0.15) is 37.4 Å². The molecule has 1 aromatic rings. The number of halogens is 1. The van der Waals surface area contributed by atoms with Gasteiger partial charge in [-0.05, 0) is 30.5 Å². The van der Waals surface area contributed by atoms with Gasteiger partial charge < -0.3 is 9.47 Å². The van der Waals surface area contributed by atoms with Crippen LogP contribution in [0.5, 0.6) is 0 Å². The lowest BCUT2D eigenvalue weighted by atomic mass is 9.51. The molecular formula is C19H15ClN4O2. The van der Waals surface area contributed by atoms with Gasteiger partial charge in [0.25, 0.3) is 0 Å². The average molecular weight is 367 g/mol. The van der Waals surface area contributed by atoms with Crippen molar-refractivity contribution in [2.24, 2.45) is 16.7 Å². The smallest absolute Gasteiger partial charge is 0.217 e. The highest BCUT2D eigenvalue weighted by molar-refractivity contribution is 6.30. The zero-order valence-electron chi connectivity index (χ0n) is 13.8. The largest absolute Gasteiger partial charge is 0.447 e. The van der Waals surface area contributed by atoms with Crippen molar-refractivity contribution in [1.29, 1.82) is 21.2 Å². The Bertz CT molecular complexity index is 913. The molecule has 1 aliphatic carbocycles. The molecule has 0 spiro atoms. The van der Waals surface area contributed by atoms with E-state index in [4.69, 9.17) is 26.5 Å². The number of nitrogens with one attached hydrogen (secondary N) is 1. The normalized spacial score (nSPS) is 36.8. The molecule has 0 amide bonds. The van der Waals surface area contributed by atoms with Gasteiger partial charge in [-0.25, -0.2) is 0 Å². The lowest BCUT2D eigenvalue weighted by Crippen LogP contribution is -2.60. The first-order valence-corrected chi connectivity index (χ1v) is 8.82. The molecule has 3 aliphatic rings.